The monoisotopic (exact) mass is 290 g/mol. The summed E-state index contributed by atoms with van der Waals surface area (Å²) in [5, 5.41) is 0.979. The van der Waals surface area contributed by atoms with Crippen molar-refractivity contribution in [1.82, 2.24) is 9.97 Å². The molecule has 0 aliphatic carbocycles. The number of aromatic nitrogens is 2. The number of aryl methyl sites for hydroxylation is 1. The van der Waals surface area contributed by atoms with E-state index in [2.05, 4.69) is 9.97 Å². The van der Waals surface area contributed by atoms with E-state index in [1.54, 1.807) is 13.8 Å². The van der Waals surface area contributed by atoms with E-state index in [1.165, 1.54) is 11.3 Å². The minimum atomic E-state index is -0.375. The van der Waals surface area contributed by atoms with Crippen molar-refractivity contribution in [3.05, 3.63) is 20.9 Å². The molecule has 0 spiro atoms. The molecule has 2 aromatic heterocycles. The van der Waals surface area contributed by atoms with Crippen molar-refractivity contribution < 1.29 is 9.53 Å². The summed E-state index contributed by atoms with van der Waals surface area (Å²) in [5.74, 6) is -0.375. The molecule has 0 atom stereocenters. The van der Waals surface area contributed by atoms with Crippen LogP contribution in [0.3, 0.4) is 0 Å². The first-order valence-corrected chi connectivity index (χ1v) is 6.41. The average Bonchev–Trinajstić information content (AvgIpc) is 2.56. The molecule has 0 aromatic carbocycles. The molecule has 0 unspecified atom stereocenters. The molecule has 0 fully saturated rings. The fourth-order valence-electron chi connectivity index (χ4n) is 1.46. The van der Waals surface area contributed by atoms with Crippen molar-refractivity contribution in [2.75, 3.05) is 6.61 Å². The number of halogens is 2. The van der Waals surface area contributed by atoms with Crippen LogP contribution in [0.4, 0.5) is 0 Å². The Hall–Kier alpha value is -0.910. The second kappa shape index (κ2) is 4.76. The Morgan fingerprint density at radius 1 is 1.41 bits per heavy atom. The Bertz CT molecular complexity index is 597. The third-order valence-corrected chi connectivity index (χ3v) is 3.79. The van der Waals surface area contributed by atoms with Crippen LogP contribution in [0, 0.1) is 6.92 Å². The highest BCUT2D eigenvalue weighted by atomic mass is 35.5. The SMILES string of the molecule is CCOC(=O)c1sc2nc(Cl)nc(Cl)c2c1C. The van der Waals surface area contributed by atoms with Crippen molar-refractivity contribution >= 4 is 50.7 Å². The van der Waals surface area contributed by atoms with Gasteiger partial charge in [0.15, 0.2) is 0 Å². The van der Waals surface area contributed by atoms with Gasteiger partial charge in [0.05, 0.1) is 12.0 Å². The van der Waals surface area contributed by atoms with Crippen molar-refractivity contribution in [3.8, 4) is 0 Å². The van der Waals surface area contributed by atoms with Gasteiger partial charge in [-0.25, -0.2) is 14.8 Å². The van der Waals surface area contributed by atoms with Gasteiger partial charge in [-0.15, -0.1) is 11.3 Å². The Morgan fingerprint density at radius 3 is 2.76 bits per heavy atom. The van der Waals surface area contributed by atoms with Crippen LogP contribution in [0.25, 0.3) is 10.2 Å². The molecule has 2 rings (SSSR count). The van der Waals surface area contributed by atoms with Gasteiger partial charge in [-0.2, -0.15) is 0 Å². The van der Waals surface area contributed by atoms with Crippen LogP contribution in [-0.4, -0.2) is 22.5 Å². The van der Waals surface area contributed by atoms with Crippen LogP contribution < -0.4 is 0 Å². The molecule has 17 heavy (non-hydrogen) atoms. The quantitative estimate of drug-likeness (QED) is 0.483. The number of rotatable bonds is 2. The van der Waals surface area contributed by atoms with E-state index in [1.807, 2.05) is 0 Å². The molecule has 2 heterocycles. The van der Waals surface area contributed by atoms with Crippen molar-refractivity contribution in [3.63, 3.8) is 0 Å². The van der Waals surface area contributed by atoms with Gasteiger partial charge in [-0.3, -0.25) is 0 Å². The fourth-order valence-corrected chi connectivity index (χ4v) is 3.16. The molecule has 0 aliphatic heterocycles. The van der Waals surface area contributed by atoms with Gasteiger partial charge in [0.1, 0.15) is 14.9 Å². The van der Waals surface area contributed by atoms with Gasteiger partial charge in [-0.05, 0) is 31.0 Å². The van der Waals surface area contributed by atoms with Gasteiger partial charge in [0, 0.05) is 0 Å². The van der Waals surface area contributed by atoms with Crippen LogP contribution >= 0.6 is 34.5 Å². The van der Waals surface area contributed by atoms with Gasteiger partial charge < -0.3 is 4.74 Å². The maximum atomic E-state index is 11.7. The van der Waals surface area contributed by atoms with E-state index in [0.717, 1.165) is 5.56 Å². The highest BCUT2D eigenvalue weighted by Gasteiger charge is 2.20. The van der Waals surface area contributed by atoms with E-state index < -0.39 is 0 Å². The molecule has 2 aromatic rings. The summed E-state index contributed by atoms with van der Waals surface area (Å²) in [4.78, 5) is 20.7. The van der Waals surface area contributed by atoms with Crippen molar-refractivity contribution in [1.29, 1.82) is 0 Å². The second-order valence-electron chi connectivity index (χ2n) is 3.24. The lowest BCUT2D eigenvalue weighted by Crippen LogP contribution is -2.03. The molecule has 0 aliphatic rings. The standard InChI is InChI=1S/C10H8Cl2N2O2S/c1-3-16-9(15)6-4(2)5-7(11)13-10(12)14-8(5)17-6/h3H2,1-2H3. The lowest BCUT2D eigenvalue weighted by molar-refractivity contribution is 0.0531. The normalized spacial score (nSPS) is 10.8. The number of hydrogen-bond donors (Lipinski definition) is 0. The first kappa shape index (κ1) is 12.5. The summed E-state index contributed by atoms with van der Waals surface area (Å²) in [6.07, 6.45) is 0. The number of nitrogens with zero attached hydrogens (tertiary/aromatic N) is 2. The summed E-state index contributed by atoms with van der Waals surface area (Å²) < 4.78 is 4.96. The number of carbonyl (C=O) groups excluding carboxylic acids is 1. The Kier molecular flexibility index (Phi) is 3.51. The van der Waals surface area contributed by atoms with Crippen molar-refractivity contribution in [2.45, 2.75) is 13.8 Å². The molecule has 4 nitrogen and oxygen atoms in total. The van der Waals surface area contributed by atoms with E-state index in [-0.39, 0.29) is 16.4 Å². The van der Waals surface area contributed by atoms with E-state index >= 15 is 0 Å². The summed E-state index contributed by atoms with van der Waals surface area (Å²) >= 11 is 12.9. The fraction of sp³-hybridized carbons (Fsp3) is 0.300. The molecule has 0 saturated heterocycles. The predicted molar refractivity (Wildman–Crippen MR) is 68.1 cm³/mol. The smallest absolute Gasteiger partial charge is 0.348 e. The molecule has 0 amide bonds. The molecule has 7 heteroatoms. The van der Waals surface area contributed by atoms with Gasteiger partial charge in [0.25, 0.3) is 0 Å². The van der Waals surface area contributed by atoms with Crippen LogP contribution in [0.1, 0.15) is 22.2 Å². The number of hydrogen-bond acceptors (Lipinski definition) is 5. The maximum Gasteiger partial charge on any atom is 0.348 e. The molecular weight excluding hydrogens is 283 g/mol. The third kappa shape index (κ3) is 2.22. The first-order valence-electron chi connectivity index (χ1n) is 4.83. The lowest BCUT2D eigenvalue weighted by atomic mass is 10.2. The minimum Gasteiger partial charge on any atom is -0.462 e. The Labute approximate surface area is 112 Å². The summed E-state index contributed by atoms with van der Waals surface area (Å²) in [6, 6.07) is 0. The van der Waals surface area contributed by atoms with E-state index in [9.17, 15) is 4.79 Å². The van der Waals surface area contributed by atoms with Crippen LogP contribution in [0.5, 0.6) is 0 Å². The van der Waals surface area contributed by atoms with Crippen LogP contribution in [-0.2, 0) is 4.74 Å². The zero-order valence-corrected chi connectivity index (χ0v) is 11.4. The molecule has 0 radical (unpaired) electrons. The van der Waals surface area contributed by atoms with Crippen LogP contribution in [0.15, 0.2) is 0 Å². The number of fused-ring (bicyclic) bond motifs is 1. The summed E-state index contributed by atoms with van der Waals surface area (Å²) in [6.45, 7) is 3.87. The zero-order valence-electron chi connectivity index (χ0n) is 9.08. The Balaban J connectivity index is 2.64. The number of thiophene rings is 1. The molecular formula is C10H8Cl2N2O2S. The highest BCUT2D eigenvalue weighted by molar-refractivity contribution is 7.20. The minimum absolute atomic E-state index is 0.0687. The molecule has 0 N–H and O–H groups in total. The maximum absolute atomic E-state index is 11.7. The van der Waals surface area contributed by atoms with Gasteiger partial charge in [-0.1, -0.05) is 11.6 Å². The predicted octanol–water partition coefficient (Wildman–Crippen LogP) is 3.48. The molecule has 0 bridgehead atoms. The van der Waals surface area contributed by atoms with Gasteiger partial charge in [0.2, 0.25) is 5.28 Å². The topological polar surface area (TPSA) is 52.1 Å². The number of ether oxygens (including phenoxy) is 1. The number of esters is 1. The Morgan fingerprint density at radius 2 is 2.12 bits per heavy atom. The van der Waals surface area contributed by atoms with Crippen LogP contribution in [0.2, 0.25) is 10.4 Å². The summed E-state index contributed by atoms with van der Waals surface area (Å²) in [7, 11) is 0. The third-order valence-electron chi connectivity index (χ3n) is 2.18. The van der Waals surface area contributed by atoms with E-state index in [4.69, 9.17) is 27.9 Å². The largest absolute Gasteiger partial charge is 0.462 e. The zero-order chi connectivity index (χ0) is 12.6. The highest BCUT2D eigenvalue weighted by Crippen LogP contribution is 2.34. The van der Waals surface area contributed by atoms with E-state index in [0.29, 0.717) is 21.7 Å². The second-order valence-corrected chi connectivity index (χ2v) is 4.94. The lowest BCUT2D eigenvalue weighted by Gasteiger charge is -1.99. The van der Waals surface area contributed by atoms with Gasteiger partial charge >= 0.3 is 5.97 Å². The first-order chi connectivity index (χ1) is 8.04. The average molecular weight is 291 g/mol. The van der Waals surface area contributed by atoms with Crippen molar-refractivity contribution in [2.24, 2.45) is 0 Å². The summed E-state index contributed by atoms with van der Waals surface area (Å²) in [5.41, 5.74) is 0.727. The molecule has 0 saturated carbocycles. The number of carbonyl (C=O) groups is 1. The molecule has 90 valence electrons.